The van der Waals surface area contributed by atoms with Gasteiger partial charge in [-0.1, -0.05) is 13.8 Å². The van der Waals surface area contributed by atoms with Crippen LogP contribution in [0.25, 0.3) is 0 Å². The first-order valence-corrected chi connectivity index (χ1v) is 2.91. The molecule has 55 valence electrons. The smallest absolute Gasteiger partial charge is 0.358 e. The molecule has 0 aliphatic rings. The van der Waals surface area contributed by atoms with Gasteiger partial charge in [-0.25, -0.2) is 0 Å². The minimum Gasteiger partial charge on any atom is -0.358 e. The van der Waals surface area contributed by atoms with Gasteiger partial charge < -0.3 is 7.43 Å². The summed E-state index contributed by atoms with van der Waals surface area (Å²) in [7, 11) is 0. The summed E-state index contributed by atoms with van der Waals surface area (Å²) in [4.78, 5) is 0. The molecule has 0 spiro atoms. The Hall–Kier alpha value is -0.196. The molecule has 0 aliphatic heterocycles. The molecule has 0 amide bonds. The van der Waals surface area contributed by atoms with Gasteiger partial charge >= 0.3 is 18.6 Å². The zero-order valence-electron chi connectivity index (χ0n) is 6.83. The van der Waals surface area contributed by atoms with Crippen molar-refractivity contribution in [2.24, 2.45) is 0 Å². The molecule has 0 fully saturated rings. The Balaban J connectivity index is -0.000000114. The van der Waals surface area contributed by atoms with Crippen LogP contribution in [-0.4, -0.2) is 0 Å². The van der Waals surface area contributed by atoms with Crippen molar-refractivity contribution in [1.82, 2.24) is 0 Å². The van der Waals surface area contributed by atoms with Crippen LogP contribution in [0.5, 0.6) is 0 Å². The zero-order chi connectivity index (χ0) is 6.24. The summed E-state index contributed by atoms with van der Waals surface area (Å²) in [6.07, 6.45) is 0. The topological polar surface area (TPSA) is 0 Å². The zero-order valence-corrected chi connectivity index (χ0v) is 8.23. The molecule has 0 bridgehead atoms. The van der Waals surface area contributed by atoms with Crippen LogP contribution in [0, 0.1) is 13.5 Å². The molecule has 1 radical (unpaired) electrons. The van der Waals surface area contributed by atoms with Crippen LogP contribution >= 0.6 is 0 Å². The third-order valence-electron chi connectivity index (χ3n) is 0.607. The Kier molecular flexibility index (Phi) is 26.1. The number of rotatable bonds is 0. The Bertz CT molecular complexity index is 76.7. The molecular weight excluding hydrogens is 159 g/mol. The molecular formula is C9H14V. The van der Waals surface area contributed by atoms with Crippen LogP contribution in [0.4, 0.5) is 0 Å². The summed E-state index contributed by atoms with van der Waals surface area (Å²) in [5.74, 6) is 0. The van der Waals surface area contributed by atoms with Crippen molar-refractivity contribution in [1.29, 1.82) is 0 Å². The van der Waals surface area contributed by atoms with Crippen molar-refractivity contribution in [2.45, 2.75) is 13.8 Å². The van der Waals surface area contributed by atoms with E-state index in [1.165, 1.54) is 0 Å². The standard InChI is InChI=1S/C6H5.C2H6.CH3.V/c1-2-4-6-5-3-1;1-2;;/h1-5H;1-2H3;1H3;/q-1;;-1;+2. The number of hydrogen-bond donors (Lipinski definition) is 0. The molecule has 1 rings (SSSR count). The molecule has 0 aliphatic carbocycles. The first-order valence-electron chi connectivity index (χ1n) is 2.91. The second-order valence-corrected chi connectivity index (χ2v) is 1.08. The molecule has 0 unspecified atom stereocenters. The molecule has 0 aromatic heterocycles. The van der Waals surface area contributed by atoms with Crippen molar-refractivity contribution in [3.05, 3.63) is 43.8 Å². The molecule has 0 nitrogen and oxygen atoms in total. The minimum absolute atomic E-state index is 0. The van der Waals surface area contributed by atoms with Crippen LogP contribution < -0.4 is 0 Å². The van der Waals surface area contributed by atoms with Crippen molar-refractivity contribution >= 4 is 0 Å². The van der Waals surface area contributed by atoms with E-state index in [1.807, 2.05) is 44.2 Å². The summed E-state index contributed by atoms with van der Waals surface area (Å²) in [5.41, 5.74) is 0. The predicted molar refractivity (Wildman–Crippen MR) is 43.0 cm³/mol. The second-order valence-electron chi connectivity index (χ2n) is 1.08. The molecule has 0 N–H and O–H groups in total. The van der Waals surface area contributed by atoms with E-state index < -0.39 is 0 Å². The first-order chi connectivity index (χ1) is 4.00. The first kappa shape index (κ1) is 16.4. The van der Waals surface area contributed by atoms with Crippen molar-refractivity contribution in [2.75, 3.05) is 0 Å². The largest absolute Gasteiger partial charge is 2.00 e. The second kappa shape index (κ2) is 15.9. The third-order valence-corrected chi connectivity index (χ3v) is 0.607. The summed E-state index contributed by atoms with van der Waals surface area (Å²) >= 11 is 0. The van der Waals surface area contributed by atoms with Gasteiger partial charge in [0.05, 0.1) is 0 Å². The van der Waals surface area contributed by atoms with Crippen molar-refractivity contribution in [3.8, 4) is 0 Å². The average Bonchev–Trinajstić information content (AvgIpc) is 1.96. The van der Waals surface area contributed by atoms with E-state index in [-0.39, 0.29) is 26.0 Å². The number of hydrogen-bond acceptors (Lipinski definition) is 0. The fourth-order valence-corrected chi connectivity index (χ4v) is 0.342. The van der Waals surface area contributed by atoms with E-state index in [2.05, 4.69) is 6.07 Å². The van der Waals surface area contributed by atoms with Crippen LogP contribution in [0.1, 0.15) is 13.8 Å². The molecule has 10 heavy (non-hydrogen) atoms. The monoisotopic (exact) mass is 173 g/mol. The van der Waals surface area contributed by atoms with Crippen LogP contribution in [-0.2, 0) is 18.6 Å². The van der Waals surface area contributed by atoms with Gasteiger partial charge in [0.2, 0.25) is 0 Å². The van der Waals surface area contributed by atoms with E-state index in [4.69, 9.17) is 0 Å². The summed E-state index contributed by atoms with van der Waals surface area (Å²) in [6, 6.07) is 12.5. The van der Waals surface area contributed by atoms with E-state index >= 15 is 0 Å². The fourth-order valence-electron chi connectivity index (χ4n) is 0.342. The average molecular weight is 173 g/mol. The van der Waals surface area contributed by atoms with Crippen molar-refractivity contribution in [3.63, 3.8) is 0 Å². The molecule has 1 heteroatoms. The van der Waals surface area contributed by atoms with Gasteiger partial charge in [-0.2, -0.15) is 36.4 Å². The molecule has 1 aromatic rings. The number of benzene rings is 1. The van der Waals surface area contributed by atoms with Gasteiger partial charge in [-0.3, -0.25) is 0 Å². The summed E-state index contributed by atoms with van der Waals surface area (Å²) < 4.78 is 0. The molecule has 0 heterocycles. The van der Waals surface area contributed by atoms with E-state index in [1.54, 1.807) is 0 Å². The minimum atomic E-state index is 0. The van der Waals surface area contributed by atoms with Crippen LogP contribution in [0.15, 0.2) is 30.3 Å². The maximum Gasteiger partial charge on any atom is 2.00 e. The molecule has 0 saturated carbocycles. The van der Waals surface area contributed by atoms with Gasteiger partial charge in [0, 0.05) is 0 Å². The predicted octanol–water partition coefficient (Wildman–Crippen LogP) is 2.96. The Labute approximate surface area is 76.5 Å². The van der Waals surface area contributed by atoms with E-state index in [0.29, 0.717) is 0 Å². The normalized spacial score (nSPS) is 5.40. The summed E-state index contributed by atoms with van der Waals surface area (Å²) in [6.45, 7) is 4.00. The Morgan fingerprint density at radius 1 is 0.900 bits per heavy atom. The van der Waals surface area contributed by atoms with Gasteiger partial charge in [-0.05, 0) is 0 Å². The van der Waals surface area contributed by atoms with Crippen LogP contribution in [0.2, 0.25) is 0 Å². The van der Waals surface area contributed by atoms with Crippen molar-refractivity contribution < 1.29 is 18.6 Å². The molecule has 1 aromatic carbocycles. The van der Waals surface area contributed by atoms with Gasteiger partial charge in [0.1, 0.15) is 0 Å². The Morgan fingerprint density at radius 3 is 1.40 bits per heavy atom. The summed E-state index contributed by atoms with van der Waals surface area (Å²) in [5, 5.41) is 0. The molecule has 0 saturated heterocycles. The fraction of sp³-hybridized carbons (Fsp3) is 0.222. The SMILES string of the molecule is CC.[CH3-].[V+2].[c-]1ccccc1. The van der Waals surface area contributed by atoms with E-state index in [9.17, 15) is 0 Å². The Morgan fingerprint density at radius 2 is 1.30 bits per heavy atom. The third kappa shape index (κ3) is 10.7. The van der Waals surface area contributed by atoms with Gasteiger partial charge in [0.25, 0.3) is 0 Å². The maximum atomic E-state index is 2.89. The molecule has 0 atom stereocenters. The van der Waals surface area contributed by atoms with Gasteiger partial charge in [0.15, 0.2) is 0 Å². The van der Waals surface area contributed by atoms with E-state index in [0.717, 1.165) is 0 Å². The van der Waals surface area contributed by atoms with Crippen LogP contribution in [0.3, 0.4) is 0 Å². The quantitative estimate of drug-likeness (QED) is 0.529. The van der Waals surface area contributed by atoms with Gasteiger partial charge in [-0.15, -0.1) is 0 Å². The maximum absolute atomic E-state index is 2.89.